The van der Waals surface area contributed by atoms with Crippen molar-refractivity contribution >= 4 is 46.4 Å². The van der Waals surface area contributed by atoms with E-state index in [1.54, 1.807) is 48.5 Å². The highest BCUT2D eigenvalue weighted by Gasteiger charge is 2.08. The van der Waals surface area contributed by atoms with E-state index in [1.807, 2.05) is 0 Å². The summed E-state index contributed by atoms with van der Waals surface area (Å²) in [6, 6.07) is 13.2. The third-order valence-electron chi connectivity index (χ3n) is 2.88. The van der Waals surface area contributed by atoms with Crippen molar-refractivity contribution in [1.29, 1.82) is 0 Å². The number of amides is 2. The largest absolute Gasteiger partial charge is 0.482 e. The van der Waals surface area contributed by atoms with Gasteiger partial charge in [0.15, 0.2) is 11.7 Å². The first-order chi connectivity index (χ1) is 11.5. The minimum absolute atomic E-state index is 0.106. The van der Waals surface area contributed by atoms with Crippen LogP contribution in [0.25, 0.3) is 0 Å². The quantitative estimate of drug-likeness (QED) is 0.709. The summed E-state index contributed by atoms with van der Waals surface area (Å²) in [5.74, 6) is -0.537. The average molecular weight is 364 g/mol. The summed E-state index contributed by atoms with van der Waals surface area (Å²) in [6.07, 6.45) is 0. The number of hydrogen-bond donors (Lipinski definition) is 3. The predicted octanol–water partition coefficient (Wildman–Crippen LogP) is 2.33. The number of primary amides is 1. The summed E-state index contributed by atoms with van der Waals surface area (Å²) in [5, 5.41) is 5.81. The molecule has 0 spiro atoms. The molecule has 0 heterocycles. The second-order valence-electron chi connectivity index (χ2n) is 4.66. The molecule has 0 atom stereocenters. The third kappa shape index (κ3) is 5.22. The third-order valence-corrected chi connectivity index (χ3v) is 3.39. The summed E-state index contributed by atoms with van der Waals surface area (Å²) in [7, 11) is 0. The van der Waals surface area contributed by atoms with Crippen molar-refractivity contribution in [3.63, 3.8) is 0 Å². The van der Waals surface area contributed by atoms with Gasteiger partial charge >= 0.3 is 0 Å². The number of nitrogens with two attached hydrogens (primary N) is 1. The molecule has 4 N–H and O–H groups in total. The lowest BCUT2D eigenvalue weighted by atomic mass is 10.2. The Bertz CT molecular complexity index is 765. The molecule has 0 aliphatic carbocycles. The van der Waals surface area contributed by atoms with E-state index in [0.717, 1.165) is 0 Å². The van der Waals surface area contributed by atoms with Crippen molar-refractivity contribution in [2.24, 2.45) is 5.73 Å². The van der Waals surface area contributed by atoms with Crippen LogP contribution in [0.3, 0.4) is 0 Å². The Balaban J connectivity index is 1.82. The molecule has 0 fully saturated rings. The number of halogens is 1. The van der Waals surface area contributed by atoms with Crippen molar-refractivity contribution in [2.75, 3.05) is 11.9 Å². The molecule has 2 rings (SSSR count). The molecule has 0 radical (unpaired) electrons. The lowest BCUT2D eigenvalue weighted by Gasteiger charge is -2.11. The fraction of sp³-hybridized carbons (Fsp3) is 0.0625. The molecule has 0 aliphatic heterocycles. The molecule has 0 unspecified atom stereocenters. The molecule has 8 heteroatoms. The summed E-state index contributed by atoms with van der Waals surface area (Å²) in [6.45, 7) is -0.230. The number of thiocarbonyl (C=S) groups is 1. The molecule has 2 aromatic carbocycles. The fourth-order valence-corrected chi connectivity index (χ4v) is 2.17. The van der Waals surface area contributed by atoms with Crippen LogP contribution < -0.4 is 21.1 Å². The zero-order valence-electron chi connectivity index (χ0n) is 12.4. The number of nitrogens with one attached hydrogen (secondary N) is 2. The molecule has 2 aromatic rings. The Morgan fingerprint density at radius 3 is 2.42 bits per heavy atom. The van der Waals surface area contributed by atoms with Crippen molar-refractivity contribution in [3.05, 3.63) is 59.1 Å². The Labute approximate surface area is 148 Å². The average Bonchev–Trinajstić information content (AvgIpc) is 2.54. The fourth-order valence-electron chi connectivity index (χ4n) is 1.75. The standard InChI is InChI=1S/C16H14ClN3O3S/c17-12-3-1-2-4-13(12)23-9-14(21)20-16(24)19-11-7-5-10(6-8-11)15(18)22/h1-8H,9H2,(H2,18,22)(H2,19,20,21,24). The van der Waals surface area contributed by atoms with Gasteiger partial charge in [-0.3, -0.25) is 14.9 Å². The molecular formula is C16H14ClN3O3S. The van der Waals surface area contributed by atoms with Gasteiger partial charge in [-0.2, -0.15) is 0 Å². The van der Waals surface area contributed by atoms with Gasteiger partial charge in [-0.15, -0.1) is 0 Å². The van der Waals surface area contributed by atoms with Crippen LogP contribution >= 0.6 is 23.8 Å². The van der Waals surface area contributed by atoms with Crippen molar-refractivity contribution in [3.8, 4) is 5.75 Å². The molecular weight excluding hydrogens is 350 g/mol. The van der Waals surface area contributed by atoms with Gasteiger partial charge in [0, 0.05) is 11.3 Å². The number of carbonyl (C=O) groups is 2. The van der Waals surface area contributed by atoms with Gasteiger partial charge in [0.25, 0.3) is 5.91 Å². The van der Waals surface area contributed by atoms with E-state index in [0.29, 0.717) is 22.0 Å². The Hall–Kier alpha value is -2.64. The molecule has 0 bridgehead atoms. The number of ether oxygens (including phenoxy) is 1. The van der Waals surface area contributed by atoms with Crippen LogP contribution in [0.2, 0.25) is 5.02 Å². The second-order valence-corrected chi connectivity index (χ2v) is 5.48. The van der Waals surface area contributed by atoms with Crippen LogP contribution in [-0.4, -0.2) is 23.5 Å². The van der Waals surface area contributed by atoms with Crippen molar-refractivity contribution in [1.82, 2.24) is 5.32 Å². The predicted molar refractivity (Wildman–Crippen MR) is 96.3 cm³/mol. The zero-order chi connectivity index (χ0) is 17.5. The topological polar surface area (TPSA) is 93.5 Å². The molecule has 0 aliphatic rings. The van der Waals surface area contributed by atoms with Gasteiger partial charge in [-0.1, -0.05) is 23.7 Å². The highest BCUT2D eigenvalue weighted by molar-refractivity contribution is 7.80. The monoisotopic (exact) mass is 363 g/mol. The highest BCUT2D eigenvalue weighted by atomic mass is 35.5. The van der Waals surface area contributed by atoms with Gasteiger partial charge in [0.05, 0.1) is 5.02 Å². The van der Waals surface area contributed by atoms with E-state index >= 15 is 0 Å². The number of carbonyl (C=O) groups excluding carboxylic acids is 2. The van der Waals surface area contributed by atoms with Gasteiger partial charge in [0.1, 0.15) is 5.75 Å². The summed E-state index contributed by atoms with van der Waals surface area (Å²) < 4.78 is 5.31. The zero-order valence-corrected chi connectivity index (χ0v) is 14.0. The van der Waals surface area contributed by atoms with Crippen LogP contribution in [0.5, 0.6) is 5.75 Å². The van der Waals surface area contributed by atoms with Gasteiger partial charge in [-0.25, -0.2) is 0 Å². The lowest BCUT2D eigenvalue weighted by molar-refractivity contribution is -0.121. The van der Waals surface area contributed by atoms with Gasteiger partial charge in [-0.05, 0) is 48.6 Å². The molecule has 124 valence electrons. The van der Waals surface area contributed by atoms with Crippen LogP contribution in [-0.2, 0) is 4.79 Å². The summed E-state index contributed by atoms with van der Waals surface area (Å²) >= 11 is 11.0. The van der Waals surface area contributed by atoms with Gasteiger partial charge < -0.3 is 15.8 Å². The van der Waals surface area contributed by atoms with Crippen LogP contribution in [0.4, 0.5) is 5.69 Å². The first-order valence-electron chi connectivity index (χ1n) is 6.84. The number of benzene rings is 2. The molecule has 0 saturated heterocycles. The maximum Gasteiger partial charge on any atom is 0.264 e. The minimum Gasteiger partial charge on any atom is -0.482 e. The minimum atomic E-state index is -0.519. The first kappa shape index (κ1) is 17.7. The maximum absolute atomic E-state index is 11.8. The van der Waals surface area contributed by atoms with Crippen molar-refractivity contribution in [2.45, 2.75) is 0 Å². The Morgan fingerprint density at radius 1 is 1.12 bits per heavy atom. The Morgan fingerprint density at radius 2 is 1.79 bits per heavy atom. The smallest absolute Gasteiger partial charge is 0.264 e. The molecule has 0 aromatic heterocycles. The molecule has 6 nitrogen and oxygen atoms in total. The van der Waals surface area contributed by atoms with E-state index in [4.69, 9.17) is 34.3 Å². The van der Waals surface area contributed by atoms with Gasteiger partial charge in [0.2, 0.25) is 5.91 Å². The van der Waals surface area contributed by atoms with E-state index in [-0.39, 0.29) is 11.7 Å². The lowest BCUT2D eigenvalue weighted by Crippen LogP contribution is -2.37. The second kappa shape index (κ2) is 8.28. The summed E-state index contributed by atoms with van der Waals surface area (Å²) in [5.41, 5.74) is 6.14. The van der Waals surface area contributed by atoms with Crippen LogP contribution in [0.15, 0.2) is 48.5 Å². The van der Waals surface area contributed by atoms with E-state index in [1.165, 1.54) is 0 Å². The Kier molecular flexibility index (Phi) is 6.11. The number of para-hydroxylation sites is 1. The summed E-state index contributed by atoms with van der Waals surface area (Å²) in [4.78, 5) is 22.8. The number of hydrogen-bond acceptors (Lipinski definition) is 4. The maximum atomic E-state index is 11.8. The van der Waals surface area contributed by atoms with E-state index in [9.17, 15) is 9.59 Å². The SMILES string of the molecule is NC(=O)c1ccc(NC(=S)NC(=O)COc2ccccc2Cl)cc1. The van der Waals surface area contributed by atoms with Crippen LogP contribution in [0, 0.1) is 0 Å². The molecule has 24 heavy (non-hydrogen) atoms. The number of rotatable bonds is 5. The van der Waals surface area contributed by atoms with Crippen LogP contribution in [0.1, 0.15) is 10.4 Å². The van der Waals surface area contributed by atoms with E-state index in [2.05, 4.69) is 10.6 Å². The molecule has 2 amide bonds. The first-order valence-corrected chi connectivity index (χ1v) is 7.62. The van der Waals surface area contributed by atoms with E-state index < -0.39 is 11.8 Å². The number of anilines is 1. The van der Waals surface area contributed by atoms with Crippen molar-refractivity contribution < 1.29 is 14.3 Å². The molecule has 0 saturated carbocycles. The normalized spacial score (nSPS) is 9.88. The highest BCUT2D eigenvalue weighted by Crippen LogP contribution is 2.22.